The number of rotatable bonds is 7. The van der Waals surface area contributed by atoms with Gasteiger partial charge in [0, 0.05) is 37.4 Å². The van der Waals surface area contributed by atoms with Crippen molar-refractivity contribution in [3.8, 4) is 0 Å². The molecule has 0 saturated heterocycles. The number of aliphatic hydroxyl groups is 1. The smallest absolute Gasteiger partial charge is 0.0558 e. The summed E-state index contributed by atoms with van der Waals surface area (Å²) in [5.74, 6) is 0. The lowest BCUT2D eigenvalue weighted by Gasteiger charge is -2.38. The molecule has 0 bridgehead atoms. The van der Waals surface area contributed by atoms with Crippen LogP contribution in [0, 0.1) is 0 Å². The molecule has 1 aromatic heterocycles. The van der Waals surface area contributed by atoms with E-state index >= 15 is 0 Å². The number of aryl methyl sites for hydroxylation is 1. The molecular weight excluding hydrogens is 252 g/mol. The van der Waals surface area contributed by atoms with Crippen LogP contribution in [-0.2, 0) is 7.05 Å². The molecule has 0 amide bonds. The lowest BCUT2D eigenvalue weighted by atomic mass is 9.96. The standard InChI is InChI=1S/C15H28N4O/c1-3-14(16)15(12-10-17-18(2)11-12)19(8-9-20)13-6-4-5-7-13/h10-11,13-15,20H,3-9,16H2,1-2H3. The fraction of sp³-hybridized carbons (Fsp3) is 0.800. The van der Waals surface area contributed by atoms with Gasteiger partial charge in [-0.05, 0) is 19.3 Å². The fourth-order valence-electron chi connectivity index (χ4n) is 3.40. The second-order valence-electron chi connectivity index (χ2n) is 5.86. The van der Waals surface area contributed by atoms with Crippen LogP contribution in [0.1, 0.15) is 50.6 Å². The Balaban J connectivity index is 2.26. The third kappa shape index (κ3) is 3.40. The van der Waals surface area contributed by atoms with E-state index in [2.05, 4.69) is 23.1 Å². The molecule has 1 saturated carbocycles. The summed E-state index contributed by atoms with van der Waals surface area (Å²) in [6, 6.07) is 0.778. The SMILES string of the molecule is CCC(N)C(c1cnn(C)c1)N(CCO)C1CCCC1. The Bertz CT molecular complexity index is 400. The number of nitrogens with two attached hydrogens (primary N) is 1. The van der Waals surface area contributed by atoms with Crippen LogP contribution in [0.15, 0.2) is 12.4 Å². The molecular formula is C15H28N4O. The highest BCUT2D eigenvalue weighted by Gasteiger charge is 2.33. The highest BCUT2D eigenvalue weighted by atomic mass is 16.3. The molecule has 5 nitrogen and oxygen atoms in total. The first-order valence-electron chi connectivity index (χ1n) is 7.78. The van der Waals surface area contributed by atoms with Crippen molar-refractivity contribution < 1.29 is 5.11 Å². The van der Waals surface area contributed by atoms with Crippen molar-refractivity contribution in [1.29, 1.82) is 0 Å². The number of aromatic nitrogens is 2. The number of hydrogen-bond donors (Lipinski definition) is 2. The molecule has 1 aromatic rings. The summed E-state index contributed by atoms with van der Waals surface area (Å²) in [7, 11) is 1.93. The van der Waals surface area contributed by atoms with Gasteiger partial charge in [0.1, 0.15) is 0 Å². The van der Waals surface area contributed by atoms with Gasteiger partial charge in [0.2, 0.25) is 0 Å². The van der Waals surface area contributed by atoms with Gasteiger partial charge in [-0.15, -0.1) is 0 Å². The predicted molar refractivity (Wildman–Crippen MR) is 80.3 cm³/mol. The van der Waals surface area contributed by atoms with Crippen LogP contribution in [-0.4, -0.2) is 45.0 Å². The molecule has 1 aliphatic rings. The monoisotopic (exact) mass is 280 g/mol. The minimum Gasteiger partial charge on any atom is -0.395 e. The van der Waals surface area contributed by atoms with Crippen molar-refractivity contribution in [3.63, 3.8) is 0 Å². The average molecular weight is 280 g/mol. The summed E-state index contributed by atoms with van der Waals surface area (Å²) < 4.78 is 1.83. The topological polar surface area (TPSA) is 67.3 Å². The van der Waals surface area contributed by atoms with Crippen molar-refractivity contribution in [2.45, 2.75) is 57.2 Å². The van der Waals surface area contributed by atoms with Crippen LogP contribution in [0.5, 0.6) is 0 Å². The Labute approximate surface area is 121 Å². The third-order valence-corrected chi connectivity index (χ3v) is 4.45. The van der Waals surface area contributed by atoms with E-state index in [1.807, 2.05) is 17.9 Å². The Morgan fingerprint density at radius 1 is 1.50 bits per heavy atom. The molecule has 0 spiro atoms. The summed E-state index contributed by atoms with van der Waals surface area (Å²) >= 11 is 0. The van der Waals surface area contributed by atoms with Crippen molar-refractivity contribution in [3.05, 3.63) is 18.0 Å². The Hall–Kier alpha value is -0.910. The van der Waals surface area contributed by atoms with Crippen molar-refractivity contribution >= 4 is 0 Å². The molecule has 1 heterocycles. The van der Waals surface area contributed by atoms with Gasteiger partial charge in [-0.25, -0.2) is 0 Å². The van der Waals surface area contributed by atoms with Gasteiger partial charge in [-0.3, -0.25) is 9.58 Å². The molecule has 20 heavy (non-hydrogen) atoms. The van der Waals surface area contributed by atoms with Crippen molar-refractivity contribution in [1.82, 2.24) is 14.7 Å². The lowest BCUT2D eigenvalue weighted by Crippen LogP contribution is -2.46. The molecule has 2 unspecified atom stereocenters. The highest BCUT2D eigenvalue weighted by Crippen LogP contribution is 2.33. The van der Waals surface area contributed by atoms with E-state index in [4.69, 9.17) is 5.73 Å². The lowest BCUT2D eigenvalue weighted by molar-refractivity contribution is 0.0882. The second-order valence-corrected chi connectivity index (χ2v) is 5.86. The van der Waals surface area contributed by atoms with Gasteiger partial charge in [-0.2, -0.15) is 5.10 Å². The van der Waals surface area contributed by atoms with Gasteiger partial charge in [0.15, 0.2) is 0 Å². The summed E-state index contributed by atoms with van der Waals surface area (Å²) in [5, 5.41) is 13.7. The van der Waals surface area contributed by atoms with Gasteiger partial charge < -0.3 is 10.8 Å². The highest BCUT2D eigenvalue weighted by molar-refractivity contribution is 5.14. The second kappa shape index (κ2) is 7.20. The minimum atomic E-state index is 0.0753. The van der Waals surface area contributed by atoms with Crippen LogP contribution >= 0.6 is 0 Å². The Morgan fingerprint density at radius 2 is 2.20 bits per heavy atom. The van der Waals surface area contributed by atoms with Gasteiger partial charge >= 0.3 is 0 Å². The molecule has 0 radical (unpaired) electrons. The van der Waals surface area contributed by atoms with Gasteiger partial charge in [0.25, 0.3) is 0 Å². The van der Waals surface area contributed by atoms with Gasteiger partial charge in [0.05, 0.1) is 18.8 Å². The number of nitrogens with zero attached hydrogens (tertiary/aromatic N) is 3. The van der Waals surface area contributed by atoms with Crippen LogP contribution < -0.4 is 5.73 Å². The van der Waals surface area contributed by atoms with Crippen LogP contribution in [0.4, 0.5) is 0 Å². The molecule has 114 valence electrons. The zero-order valence-electron chi connectivity index (χ0n) is 12.7. The van der Waals surface area contributed by atoms with E-state index in [-0.39, 0.29) is 18.7 Å². The van der Waals surface area contributed by atoms with E-state index in [0.717, 1.165) is 6.42 Å². The van der Waals surface area contributed by atoms with Crippen LogP contribution in [0.2, 0.25) is 0 Å². The summed E-state index contributed by atoms with van der Waals surface area (Å²) in [6.07, 6.45) is 9.90. The predicted octanol–water partition coefficient (Wildman–Crippen LogP) is 1.44. The molecule has 0 aromatic carbocycles. The summed E-state index contributed by atoms with van der Waals surface area (Å²) in [4.78, 5) is 2.41. The maximum Gasteiger partial charge on any atom is 0.0558 e. The minimum absolute atomic E-state index is 0.0753. The first kappa shape index (κ1) is 15.5. The molecule has 1 fully saturated rings. The number of hydrogen-bond acceptors (Lipinski definition) is 4. The summed E-state index contributed by atoms with van der Waals surface area (Å²) in [5.41, 5.74) is 7.57. The van der Waals surface area contributed by atoms with E-state index < -0.39 is 0 Å². The maximum absolute atomic E-state index is 9.45. The molecule has 5 heteroatoms. The largest absolute Gasteiger partial charge is 0.395 e. The summed E-state index contributed by atoms with van der Waals surface area (Å²) in [6.45, 7) is 3.00. The van der Waals surface area contributed by atoms with Crippen LogP contribution in [0.25, 0.3) is 0 Å². The van der Waals surface area contributed by atoms with Crippen LogP contribution in [0.3, 0.4) is 0 Å². The average Bonchev–Trinajstić information content (AvgIpc) is 3.09. The first-order chi connectivity index (χ1) is 9.67. The third-order valence-electron chi connectivity index (χ3n) is 4.45. The molecule has 2 atom stereocenters. The van der Waals surface area contributed by atoms with Gasteiger partial charge in [-0.1, -0.05) is 19.8 Å². The number of aliphatic hydroxyl groups excluding tert-OH is 1. The molecule has 3 N–H and O–H groups in total. The van der Waals surface area contributed by atoms with E-state index in [0.29, 0.717) is 12.6 Å². The fourth-order valence-corrected chi connectivity index (χ4v) is 3.40. The molecule has 1 aliphatic carbocycles. The zero-order chi connectivity index (χ0) is 14.5. The van der Waals surface area contributed by atoms with E-state index in [1.165, 1.54) is 31.2 Å². The van der Waals surface area contributed by atoms with E-state index in [9.17, 15) is 5.11 Å². The van der Waals surface area contributed by atoms with Crippen molar-refractivity contribution in [2.24, 2.45) is 12.8 Å². The molecule has 0 aliphatic heterocycles. The molecule has 2 rings (SSSR count). The van der Waals surface area contributed by atoms with Crippen molar-refractivity contribution in [2.75, 3.05) is 13.2 Å². The van der Waals surface area contributed by atoms with E-state index in [1.54, 1.807) is 0 Å². The Kier molecular flexibility index (Phi) is 5.57. The first-order valence-corrected chi connectivity index (χ1v) is 7.78. The normalized spacial score (nSPS) is 19.6. The quantitative estimate of drug-likeness (QED) is 0.793. The maximum atomic E-state index is 9.45. The Morgan fingerprint density at radius 3 is 2.70 bits per heavy atom. The zero-order valence-corrected chi connectivity index (χ0v) is 12.7.